The second kappa shape index (κ2) is 10.2. The van der Waals surface area contributed by atoms with Crippen molar-refractivity contribution in [2.75, 3.05) is 39.1 Å². The van der Waals surface area contributed by atoms with E-state index in [1.165, 1.54) is 17.7 Å². The normalized spacial score (nSPS) is 11.6. The van der Waals surface area contributed by atoms with Gasteiger partial charge in [0.2, 0.25) is 0 Å². The number of quaternary nitrogens is 1. The number of hydrogen-bond donors (Lipinski definition) is 0. The maximum Gasteiger partial charge on any atom is 0.269 e. The first-order valence-electron chi connectivity index (χ1n) is 10.6. The molecule has 0 amide bonds. The molecule has 0 unspecified atom stereocenters. The second-order valence-electron chi connectivity index (χ2n) is 8.87. The fraction of sp³-hybridized carbons (Fsp3) is 0.280. The molecule has 0 fully saturated rings. The van der Waals surface area contributed by atoms with Crippen molar-refractivity contribution in [1.29, 1.82) is 0 Å². The van der Waals surface area contributed by atoms with Crippen LogP contribution in [0.5, 0.6) is 0 Å². The fourth-order valence-electron chi connectivity index (χ4n) is 3.23. The molecule has 0 radical (unpaired) electrons. The van der Waals surface area contributed by atoms with Crippen LogP contribution >= 0.6 is 0 Å². The summed E-state index contributed by atoms with van der Waals surface area (Å²) in [5.41, 5.74) is 4.84. The zero-order chi connectivity index (χ0) is 23.1. The highest BCUT2D eigenvalue weighted by molar-refractivity contribution is 5.58. The van der Waals surface area contributed by atoms with Crippen LogP contribution in [0.1, 0.15) is 11.1 Å². The molecule has 0 spiro atoms. The number of nitro groups is 1. The molecule has 0 aliphatic carbocycles. The first kappa shape index (κ1) is 23.1. The van der Waals surface area contributed by atoms with Gasteiger partial charge in [-0.25, -0.2) is 0 Å². The van der Waals surface area contributed by atoms with Gasteiger partial charge in [-0.3, -0.25) is 10.1 Å². The highest BCUT2D eigenvalue weighted by Gasteiger charge is 2.14. The average Bonchev–Trinajstić information content (AvgIpc) is 2.76. The molecule has 0 aliphatic heterocycles. The van der Waals surface area contributed by atoms with Crippen LogP contribution in [-0.2, 0) is 6.54 Å². The summed E-state index contributed by atoms with van der Waals surface area (Å²) in [4.78, 5) is 12.8. The van der Waals surface area contributed by atoms with Crippen molar-refractivity contribution in [3.8, 4) is 0 Å². The highest BCUT2D eigenvalue weighted by Crippen LogP contribution is 2.28. The quantitative estimate of drug-likeness (QED) is 0.179. The van der Waals surface area contributed by atoms with Gasteiger partial charge >= 0.3 is 0 Å². The summed E-state index contributed by atoms with van der Waals surface area (Å²) >= 11 is 0. The summed E-state index contributed by atoms with van der Waals surface area (Å²) in [5.74, 6) is 0. The molecule has 0 aromatic heterocycles. The minimum Gasteiger partial charge on any atom is -0.362 e. The lowest BCUT2D eigenvalue weighted by Crippen LogP contribution is -2.42. The third-order valence-electron chi connectivity index (χ3n) is 5.14. The summed E-state index contributed by atoms with van der Waals surface area (Å²) in [7, 11) is 6.61. The number of non-ortho nitro benzene ring substituents is 1. The molecule has 0 N–H and O–H groups in total. The van der Waals surface area contributed by atoms with Gasteiger partial charge in [-0.2, -0.15) is 10.2 Å². The van der Waals surface area contributed by atoms with Crippen molar-refractivity contribution in [3.05, 3.63) is 94.0 Å². The molecule has 3 aromatic carbocycles. The molecule has 0 aliphatic rings. The number of likely N-dealkylation sites (N-methyl/N-ethyl adjacent to an activating group) is 1. The molecule has 0 saturated carbocycles. The summed E-state index contributed by atoms with van der Waals surface area (Å²) < 4.78 is 0.895. The Kier molecular flexibility index (Phi) is 7.33. The number of benzene rings is 3. The monoisotopic (exact) mass is 432 g/mol. The molecule has 3 rings (SSSR count). The maximum absolute atomic E-state index is 10.8. The molecule has 0 bridgehead atoms. The minimum absolute atomic E-state index is 0.0388. The van der Waals surface area contributed by atoms with Crippen LogP contribution in [0.2, 0.25) is 0 Å². The van der Waals surface area contributed by atoms with Gasteiger partial charge in [0, 0.05) is 24.4 Å². The zero-order valence-electron chi connectivity index (χ0n) is 19.1. The Labute approximate surface area is 189 Å². The Bertz CT molecular complexity index is 1070. The first-order chi connectivity index (χ1) is 15.2. The van der Waals surface area contributed by atoms with Crippen LogP contribution in [0.3, 0.4) is 0 Å². The number of nitrogens with zero attached hydrogens (tertiary/aromatic N) is 5. The van der Waals surface area contributed by atoms with Gasteiger partial charge in [0.15, 0.2) is 0 Å². The van der Waals surface area contributed by atoms with Crippen molar-refractivity contribution in [3.63, 3.8) is 0 Å². The van der Waals surface area contributed by atoms with E-state index in [0.29, 0.717) is 5.69 Å². The van der Waals surface area contributed by atoms with E-state index in [-0.39, 0.29) is 5.69 Å². The molecular formula is C25H30N5O2+. The van der Waals surface area contributed by atoms with E-state index in [0.717, 1.165) is 41.1 Å². The van der Waals surface area contributed by atoms with Crippen LogP contribution in [0, 0.1) is 17.0 Å². The van der Waals surface area contributed by atoms with Crippen molar-refractivity contribution in [1.82, 2.24) is 0 Å². The Hall–Kier alpha value is -3.58. The number of azo groups is 1. The maximum atomic E-state index is 10.8. The van der Waals surface area contributed by atoms with Crippen LogP contribution in [0.4, 0.5) is 22.7 Å². The lowest BCUT2D eigenvalue weighted by molar-refractivity contribution is -0.868. The smallest absolute Gasteiger partial charge is 0.269 e. The molecule has 3 aromatic rings. The number of nitro benzene ring substituents is 1. The number of rotatable bonds is 9. The van der Waals surface area contributed by atoms with Crippen molar-refractivity contribution >= 4 is 22.7 Å². The van der Waals surface area contributed by atoms with E-state index >= 15 is 0 Å². The topological polar surface area (TPSA) is 71.1 Å². The van der Waals surface area contributed by atoms with E-state index < -0.39 is 4.92 Å². The molecule has 32 heavy (non-hydrogen) atoms. The standard InChI is InChI=1S/C25H30N5O2/c1-20-18-24(28(16-17-30(2,3)4)19-21-8-6-5-7-9-21)14-15-25(20)27-26-22-10-12-23(13-11-22)29(31)32/h5-15,18H,16-17,19H2,1-4H3/q+1. The Morgan fingerprint density at radius 1 is 0.938 bits per heavy atom. The van der Waals surface area contributed by atoms with Gasteiger partial charge < -0.3 is 9.38 Å². The van der Waals surface area contributed by atoms with E-state index in [4.69, 9.17) is 0 Å². The summed E-state index contributed by atoms with van der Waals surface area (Å²) in [6.45, 7) is 4.81. The van der Waals surface area contributed by atoms with Crippen LogP contribution in [0.25, 0.3) is 0 Å². The van der Waals surface area contributed by atoms with E-state index in [1.807, 2.05) is 19.1 Å². The van der Waals surface area contributed by atoms with Crippen molar-refractivity contribution < 1.29 is 9.41 Å². The van der Waals surface area contributed by atoms with E-state index in [2.05, 4.69) is 72.7 Å². The van der Waals surface area contributed by atoms with Gasteiger partial charge in [-0.15, -0.1) is 0 Å². The molecule has 166 valence electrons. The molecule has 0 atom stereocenters. The van der Waals surface area contributed by atoms with E-state index in [1.54, 1.807) is 12.1 Å². The predicted molar refractivity (Wildman–Crippen MR) is 129 cm³/mol. The molecule has 0 saturated heterocycles. The summed E-state index contributed by atoms with van der Waals surface area (Å²) in [6.07, 6.45) is 0. The van der Waals surface area contributed by atoms with E-state index in [9.17, 15) is 10.1 Å². The van der Waals surface area contributed by atoms with Crippen LogP contribution in [0.15, 0.2) is 83.0 Å². The highest BCUT2D eigenvalue weighted by atomic mass is 16.6. The third kappa shape index (κ3) is 6.72. The van der Waals surface area contributed by atoms with Gasteiger partial charge in [-0.05, 0) is 48.4 Å². The van der Waals surface area contributed by atoms with Gasteiger partial charge in [-0.1, -0.05) is 30.3 Å². The molecule has 0 heterocycles. The third-order valence-corrected chi connectivity index (χ3v) is 5.14. The van der Waals surface area contributed by atoms with Crippen LogP contribution < -0.4 is 4.90 Å². The lowest BCUT2D eigenvalue weighted by Gasteiger charge is -2.30. The Morgan fingerprint density at radius 2 is 1.62 bits per heavy atom. The number of aryl methyl sites for hydroxylation is 1. The molecular weight excluding hydrogens is 402 g/mol. The summed E-state index contributed by atoms with van der Waals surface area (Å²) in [5, 5.41) is 19.4. The average molecular weight is 433 g/mol. The fourth-order valence-corrected chi connectivity index (χ4v) is 3.23. The van der Waals surface area contributed by atoms with Gasteiger partial charge in [0.1, 0.15) is 0 Å². The Morgan fingerprint density at radius 3 is 2.22 bits per heavy atom. The minimum atomic E-state index is -0.427. The zero-order valence-corrected chi connectivity index (χ0v) is 19.1. The van der Waals surface area contributed by atoms with Crippen molar-refractivity contribution in [2.24, 2.45) is 10.2 Å². The molecule has 7 heteroatoms. The Balaban J connectivity index is 1.79. The summed E-state index contributed by atoms with van der Waals surface area (Å²) in [6, 6.07) is 22.7. The van der Waals surface area contributed by atoms with Crippen molar-refractivity contribution in [2.45, 2.75) is 13.5 Å². The first-order valence-corrected chi connectivity index (χ1v) is 10.6. The predicted octanol–water partition coefficient (Wildman–Crippen LogP) is 6.03. The number of anilines is 1. The second-order valence-corrected chi connectivity index (χ2v) is 8.87. The molecule has 7 nitrogen and oxygen atoms in total. The van der Waals surface area contributed by atoms with Gasteiger partial charge in [0.25, 0.3) is 5.69 Å². The SMILES string of the molecule is Cc1cc(N(CC[N+](C)(C)C)Cc2ccccc2)ccc1N=Nc1ccc([N+](=O)[O-])cc1. The lowest BCUT2D eigenvalue weighted by atomic mass is 10.1. The van der Waals surface area contributed by atoms with Gasteiger partial charge in [0.05, 0.1) is 50.5 Å². The van der Waals surface area contributed by atoms with Crippen LogP contribution in [-0.4, -0.2) is 43.6 Å². The number of hydrogen-bond acceptors (Lipinski definition) is 5. The largest absolute Gasteiger partial charge is 0.362 e.